The van der Waals surface area contributed by atoms with Crippen molar-refractivity contribution < 1.29 is 13.2 Å². The maximum atomic E-state index is 12.0. The molecule has 0 aromatic heterocycles. The van der Waals surface area contributed by atoms with E-state index in [-0.39, 0.29) is 5.25 Å². The van der Waals surface area contributed by atoms with Gasteiger partial charge in [0.05, 0.1) is 12.4 Å². The predicted octanol–water partition coefficient (Wildman–Crippen LogP) is 1.86. The Morgan fingerprint density at radius 1 is 1.48 bits per heavy atom. The average Bonchev–Trinajstić information content (AvgIpc) is 2.90. The van der Waals surface area contributed by atoms with Crippen LogP contribution in [0.2, 0.25) is 5.02 Å². The lowest BCUT2D eigenvalue weighted by Crippen LogP contribution is -2.36. The molecule has 7 heteroatoms. The van der Waals surface area contributed by atoms with Crippen LogP contribution in [-0.2, 0) is 16.6 Å². The molecule has 1 fully saturated rings. The quantitative estimate of drug-likeness (QED) is 0.864. The van der Waals surface area contributed by atoms with Crippen molar-refractivity contribution in [2.24, 2.45) is 0 Å². The highest BCUT2D eigenvalue weighted by Gasteiger charge is 2.32. The summed E-state index contributed by atoms with van der Waals surface area (Å²) in [5, 5.41) is 0.290. The lowest BCUT2D eigenvalue weighted by Gasteiger charge is -2.19. The molecule has 5 nitrogen and oxygen atoms in total. The number of nitrogens with zero attached hydrogens (tertiary/aromatic N) is 1. The molecule has 1 heterocycles. The van der Waals surface area contributed by atoms with Gasteiger partial charge in [-0.1, -0.05) is 24.6 Å². The van der Waals surface area contributed by atoms with Crippen LogP contribution in [0.25, 0.3) is 0 Å². The molecular formula is C14H21ClN2O3S. The molecule has 2 rings (SSSR count). The smallest absolute Gasteiger partial charge is 0.215 e. The fourth-order valence-electron chi connectivity index (χ4n) is 2.62. The van der Waals surface area contributed by atoms with Crippen LogP contribution in [0, 0.1) is 0 Å². The van der Waals surface area contributed by atoms with Crippen molar-refractivity contribution in [1.82, 2.24) is 9.62 Å². The summed E-state index contributed by atoms with van der Waals surface area (Å²) in [5.41, 5.74) is 0.906. The van der Waals surface area contributed by atoms with Gasteiger partial charge in [-0.25, -0.2) is 13.1 Å². The van der Waals surface area contributed by atoms with Gasteiger partial charge in [-0.2, -0.15) is 0 Å². The number of benzene rings is 1. The van der Waals surface area contributed by atoms with Crippen LogP contribution >= 0.6 is 11.6 Å². The highest BCUT2D eigenvalue weighted by molar-refractivity contribution is 7.90. The summed E-state index contributed by atoms with van der Waals surface area (Å²) in [4.78, 5) is 2.10. The van der Waals surface area contributed by atoms with Gasteiger partial charge >= 0.3 is 0 Å². The number of likely N-dealkylation sites (tertiary alicyclic amines) is 1. The Labute approximate surface area is 131 Å². The van der Waals surface area contributed by atoms with Gasteiger partial charge in [0.2, 0.25) is 10.0 Å². The summed E-state index contributed by atoms with van der Waals surface area (Å²) in [6, 6.07) is 5.53. The van der Waals surface area contributed by atoms with E-state index in [4.69, 9.17) is 16.3 Å². The second kappa shape index (κ2) is 6.96. The zero-order chi connectivity index (χ0) is 15.5. The topological polar surface area (TPSA) is 58.6 Å². The monoisotopic (exact) mass is 332 g/mol. The summed E-state index contributed by atoms with van der Waals surface area (Å²) >= 11 is 6.23. The number of hydrogen-bond acceptors (Lipinski definition) is 4. The summed E-state index contributed by atoms with van der Waals surface area (Å²) in [6.07, 6.45) is 0.641. The molecule has 118 valence electrons. The first-order valence-corrected chi connectivity index (χ1v) is 8.92. The highest BCUT2D eigenvalue weighted by atomic mass is 35.5. The molecule has 0 bridgehead atoms. The Kier molecular flexibility index (Phi) is 5.48. The number of halogens is 1. The van der Waals surface area contributed by atoms with Gasteiger partial charge in [0, 0.05) is 30.2 Å². The van der Waals surface area contributed by atoms with E-state index in [1.54, 1.807) is 14.0 Å². The van der Waals surface area contributed by atoms with Gasteiger partial charge in [-0.15, -0.1) is 0 Å². The standard InChI is InChI=1S/C14H21ClN2O3S/c1-3-16-21(18,19)11-7-8-17(9-11)10-12-13(15)5-4-6-14(12)20-2/h4-6,11,16H,3,7-10H2,1-2H3/t11-/m1/s1. The van der Waals surface area contributed by atoms with E-state index in [0.29, 0.717) is 31.1 Å². The average molecular weight is 333 g/mol. The third-order valence-electron chi connectivity index (χ3n) is 3.69. The molecule has 0 aliphatic carbocycles. The molecule has 1 aliphatic rings. The van der Waals surface area contributed by atoms with Gasteiger partial charge in [0.25, 0.3) is 0 Å². The number of nitrogens with one attached hydrogen (secondary N) is 1. The fraction of sp³-hybridized carbons (Fsp3) is 0.571. The van der Waals surface area contributed by atoms with E-state index in [0.717, 1.165) is 17.9 Å². The molecule has 1 saturated heterocycles. The Balaban J connectivity index is 2.07. The highest BCUT2D eigenvalue weighted by Crippen LogP contribution is 2.29. The first-order chi connectivity index (χ1) is 9.97. The van der Waals surface area contributed by atoms with E-state index in [1.807, 2.05) is 18.2 Å². The number of methoxy groups -OCH3 is 1. The maximum Gasteiger partial charge on any atom is 0.215 e. The maximum absolute atomic E-state index is 12.0. The number of ether oxygens (including phenoxy) is 1. The summed E-state index contributed by atoms with van der Waals surface area (Å²) in [7, 11) is -1.61. The van der Waals surface area contributed by atoms with Gasteiger partial charge in [-0.05, 0) is 25.1 Å². The molecule has 1 aliphatic heterocycles. The van der Waals surface area contributed by atoms with Crippen LogP contribution < -0.4 is 9.46 Å². The minimum atomic E-state index is -3.22. The third kappa shape index (κ3) is 3.88. The molecule has 0 amide bonds. The predicted molar refractivity (Wildman–Crippen MR) is 84.3 cm³/mol. The second-order valence-corrected chi connectivity index (χ2v) is 7.56. The molecular weight excluding hydrogens is 312 g/mol. The Hall–Kier alpha value is -0.820. The van der Waals surface area contributed by atoms with E-state index in [2.05, 4.69) is 9.62 Å². The van der Waals surface area contributed by atoms with Crippen molar-refractivity contribution in [3.05, 3.63) is 28.8 Å². The van der Waals surface area contributed by atoms with Crippen molar-refractivity contribution in [3.63, 3.8) is 0 Å². The van der Waals surface area contributed by atoms with Crippen LogP contribution in [0.1, 0.15) is 18.9 Å². The van der Waals surface area contributed by atoms with Gasteiger partial charge in [0.1, 0.15) is 5.75 Å². The van der Waals surface area contributed by atoms with Crippen LogP contribution in [0.3, 0.4) is 0 Å². The molecule has 0 radical (unpaired) electrons. The molecule has 1 aromatic carbocycles. The van der Waals surface area contributed by atoms with E-state index < -0.39 is 10.0 Å². The Morgan fingerprint density at radius 2 is 2.24 bits per heavy atom. The lowest BCUT2D eigenvalue weighted by atomic mass is 10.2. The van der Waals surface area contributed by atoms with Crippen LogP contribution in [-0.4, -0.2) is 45.3 Å². The normalized spacial score (nSPS) is 19.9. The lowest BCUT2D eigenvalue weighted by molar-refractivity contribution is 0.321. The molecule has 0 saturated carbocycles. The summed E-state index contributed by atoms with van der Waals surface area (Å²) in [6.45, 7) is 4.07. The summed E-state index contributed by atoms with van der Waals surface area (Å²) < 4.78 is 32.0. The van der Waals surface area contributed by atoms with E-state index in [1.165, 1.54) is 0 Å². The fourth-order valence-corrected chi connectivity index (χ4v) is 4.31. The Morgan fingerprint density at radius 3 is 2.90 bits per heavy atom. The second-order valence-electron chi connectivity index (χ2n) is 5.11. The minimum Gasteiger partial charge on any atom is -0.496 e. The SMILES string of the molecule is CCNS(=O)(=O)[C@@H]1CCN(Cc2c(Cl)cccc2OC)C1. The number of sulfonamides is 1. The zero-order valence-corrected chi connectivity index (χ0v) is 13.9. The number of hydrogen-bond donors (Lipinski definition) is 1. The van der Waals surface area contributed by atoms with Crippen molar-refractivity contribution in [3.8, 4) is 5.75 Å². The van der Waals surface area contributed by atoms with Crippen molar-refractivity contribution >= 4 is 21.6 Å². The minimum absolute atomic E-state index is 0.356. The van der Waals surface area contributed by atoms with Crippen molar-refractivity contribution in [2.75, 3.05) is 26.7 Å². The van der Waals surface area contributed by atoms with Gasteiger partial charge in [0.15, 0.2) is 0 Å². The number of rotatable bonds is 6. The molecule has 0 unspecified atom stereocenters. The van der Waals surface area contributed by atoms with E-state index >= 15 is 0 Å². The molecule has 21 heavy (non-hydrogen) atoms. The van der Waals surface area contributed by atoms with Crippen molar-refractivity contribution in [1.29, 1.82) is 0 Å². The van der Waals surface area contributed by atoms with E-state index in [9.17, 15) is 8.42 Å². The van der Waals surface area contributed by atoms with Crippen LogP contribution in [0.4, 0.5) is 0 Å². The van der Waals surface area contributed by atoms with Crippen molar-refractivity contribution in [2.45, 2.75) is 25.1 Å². The third-order valence-corrected chi connectivity index (χ3v) is 6.00. The Bertz CT molecular complexity index is 592. The first kappa shape index (κ1) is 16.5. The molecule has 1 aromatic rings. The molecule has 1 N–H and O–H groups in total. The van der Waals surface area contributed by atoms with Gasteiger partial charge in [-0.3, -0.25) is 4.90 Å². The van der Waals surface area contributed by atoms with Crippen LogP contribution in [0.15, 0.2) is 18.2 Å². The molecule has 1 atom stereocenters. The largest absolute Gasteiger partial charge is 0.496 e. The first-order valence-electron chi connectivity index (χ1n) is 7.00. The van der Waals surface area contributed by atoms with Gasteiger partial charge < -0.3 is 4.74 Å². The van der Waals surface area contributed by atoms with Crippen LogP contribution in [0.5, 0.6) is 5.75 Å². The molecule has 0 spiro atoms. The summed E-state index contributed by atoms with van der Waals surface area (Å²) in [5.74, 6) is 0.737. The zero-order valence-electron chi connectivity index (χ0n) is 12.3.